The molecular weight excluding hydrogens is 277 g/mol. The van der Waals surface area contributed by atoms with Crippen molar-refractivity contribution in [3.8, 4) is 0 Å². The fourth-order valence-corrected chi connectivity index (χ4v) is 2.27. The molecule has 1 aromatic rings. The topological polar surface area (TPSA) is 68.4 Å². The van der Waals surface area contributed by atoms with Crippen LogP contribution in [0, 0.1) is 0 Å². The van der Waals surface area contributed by atoms with E-state index in [4.69, 9.17) is 4.52 Å². The molecule has 1 aromatic heterocycles. The van der Waals surface area contributed by atoms with Crippen LogP contribution in [0.4, 0.5) is 13.2 Å². The van der Waals surface area contributed by atoms with Gasteiger partial charge >= 0.3 is 6.18 Å². The highest BCUT2D eigenvalue weighted by Gasteiger charge is 2.30. The summed E-state index contributed by atoms with van der Waals surface area (Å²) in [4.78, 5) is 4.12. The van der Waals surface area contributed by atoms with Gasteiger partial charge in [0.25, 0.3) is 0 Å². The molecule has 0 saturated heterocycles. The zero-order valence-electron chi connectivity index (χ0n) is 10.9. The van der Waals surface area contributed by atoms with Crippen molar-refractivity contribution >= 4 is 0 Å². The maximum Gasteiger partial charge on any atom is 0.411 e. The number of halogens is 3. The maximum atomic E-state index is 11.9. The van der Waals surface area contributed by atoms with Gasteiger partial charge < -0.3 is 14.4 Å². The Kier molecular flexibility index (Phi) is 4.98. The zero-order chi connectivity index (χ0) is 14.6. The fourth-order valence-electron chi connectivity index (χ4n) is 2.27. The van der Waals surface area contributed by atoms with Crippen LogP contribution in [0.15, 0.2) is 4.52 Å². The fraction of sp³-hybridized carbons (Fsp3) is 0.833. The Morgan fingerprint density at radius 3 is 2.75 bits per heavy atom. The highest BCUT2D eigenvalue weighted by Crippen LogP contribution is 2.31. The average molecular weight is 294 g/mol. The molecule has 1 aliphatic rings. The van der Waals surface area contributed by atoms with Gasteiger partial charge in [-0.15, -0.1) is 0 Å². The molecule has 2 unspecified atom stereocenters. The lowest BCUT2D eigenvalue weighted by atomic mass is 9.86. The van der Waals surface area contributed by atoms with Gasteiger partial charge in [-0.05, 0) is 12.8 Å². The van der Waals surface area contributed by atoms with E-state index in [-0.39, 0.29) is 18.9 Å². The third-order valence-electron chi connectivity index (χ3n) is 3.27. The lowest BCUT2D eigenvalue weighted by Gasteiger charge is -2.24. The van der Waals surface area contributed by atoms with Gasteiger partial charge in [0.1, 0.15) is 6.61 Å². The minimum atomic E-state index is -4.32. The van der Waals surface area contributed by atoms with E-state index in [1.807, 2.05) is 0 Å². The van der Waals surface area contributed by atoms with Crippen LogP contribution in [0.3, 0.4) is 0 Å². The molecule has 0 bridgehead atoms. The second-order valence-electron chi connectivity index (χ2n) is 4.92. The van der Waals surface area contributed by atoms with E-state index in [1.54, 1.807) is 0 Å². The molecular formula is C12H17F3N2O3. The molecule has 5 nitrogen and oxygen atoms in total. The van der Waals surface area contributed by atoms with Crippen molar-refractivity contribution in [3.05, 3.63) is 11.7 Å². The summed E-state index contributed by atoms with van der Waals surface area (Å²) in [6.07, 6.45) is -1.20. The second-order valence-corrected chi connectivity index (χ2v) is 4.92. The van der Waals surface area contributed by atoms with Gasteiger partial charge in [-0.2, -0.15) is 18.2 Å². The molecule has 1 fully saturated rings. The van der Waals surface area contributed by atoms with Crippen molar-refractivity contribution < 1.29 is 27.5 Å². The highest BCUT2D eigenvalue weighted by molar-refractivity contribution is 4.99. The van der Waals surface area contributed by atoms with Crippen LogP contribution in [0.2, 0.25) is 0 Å². The van der Waals surface area contributed by atoms with E-state index in [1.165, 1.54) is 0 Å². The summed E-state index contributed by atoms with van der Waals surface area (Å²) >= 11 is 0. The molecule has 8 heteroatoms. The minimum Gasteiger partial charge on any atom is -0.392 e. The third-order valence-corrected chi connectivity index (χ3v) is 3.27. The van der Waals surface area contributed by atoms with E-state index in [2.05, 4.69) is 14.9 Å². The van der Waals surface area contributed by atoms with Crippen LogP contribution in [0.25, 0.3) is 0 Å². The molecule has 1 N–H and O–H groups in total. The van der Waals surface area contributed by atoms with E-state index >= 15 is 0 Å². The molecule has 20 heavy (non-hydrogen) atoms. The summed E-state index contributed by atoms with van der Waals surface area (Å²) < 4.78 is 45.2. The minimum absolute atomic E-state index is 0.119. The summed E-state index contributed by atoms with van der Waals surface area (Å²) in [6.45, 7) is -1.40. The van der Waals surface area contributed by atoms with Crippen LogP contribution in [0.1, 0.15) is 43.3 Å². The predicted octanol–water partition coefficient (Wildman–Crippen LogP) is 2.21. The quantitative estimate of drug-likeness (QED) is 0.843. The lowest BCUT2D eigenvalue weighted by Crippen LogP contribution is -2.22. The molecule has 0 aliphatic heterocycles. The number of alkyl halides is 3. The van der Waals surface area contributed by atoms with E-state index in [0.29, 0.717) is 18.1 Å². The first-order valence-electron chi connectivity index (χ1n) is 6.61. The van der Waals surface area contributed by atoms with Crippen molar-refractivity contribution in [2.45, 2.75) is 50.3 Å². The van der Waals surface area contributed by atoms with Crippen molar-refractivity contribution in [2.24, 2.45) is 0 Å². The Balaban J connectivity index is 1.80. The molecule has 114 valence electrons. The Labute approximate surface area is 114 Å². The zero-order valence-corrected chi connectivity index (χ0v) is 10.9. The normalized spacial score (nSPS) is 24.0. The monoisotopic (exact) mass is 294 g/mol. The number of nitrogens with zero attached hydrogens (tertiary/aromatic N) is 2. The van der Waals surface area contributed by atoms with Gasteiger partial charge in [-0.25, -0.2) is 0 Å². The molecule has 2 atom stereocenters. The van der Waals surface area contributed by atoms with Crippen molar-refractivity contribution in [2.75, 3.05) is 13.2 Å². The molecule has 1 aliphatic carbocycles. The van der Waals surface area contributed by atoms with E-state index in [0.717, 1.165) is 19.3 Å². The number of ether oxygens (including phenoxy) is 1. The summed E-state index contributed by atoms with van der Waals surface area (Å²) in [7, 11) is 0. The summed E-state index contributed by atoms with van der Waals surface area (Å²) in [5.74, 6) is 0.504. The summed E-state index contributed by atoms with van der Waals surface area (Å²) in [6, 6.07) is 0. The van der Waals surface area contributed by atoms with Crippen LogP contribution < -0.4 is 0 Å². The first kappa shape index (κ1) is 15.2. The van der Waals surface area contributed by atoms with Crippen LogP contribution in [0.5, 0.6) is 0 Å². The van der Waals surface area contributed by atoms with Crippen LogP contribution in [-0.4, -0.2) is 40.7 Å². The number of rotatable bonds is 5. The molecule has 1 saturated carbocycles. The molecule has 1 heterocycles. The first-order chi connectivity index (χ1) is 9.46. The number of aromatic nitrogens is 2. The van der Waals surface area contributed by atoms with Gasteiger partial charge in [0.05, 0.1) is 18.6 Å². The molecule has 0 radical (unpaired) electrons. The Morgan fingerprint density at radius 2 is 2.05 bits per heavy atom. The largest absolute Gasteiger partial charge is 0.411 e. The van der Waals surface area contributed by atoms with Gasteiger partial charge in [-0.3, -0.25) is 0 Å². The van der Waals surface area contributed by atoms with E-state index < -0.39 is 18.9 Å². The van der Waals surface area contributed by atoms with Crippen molar-refractivity contribution in [1.82, 2.24) is 10.1 Å². The van der Waals surface area contributed by atoms with Crippen LogP contribution in [-0.2, 0) is 11.2 Å². The van der Waals surface area contributed by atoms with Gasteiger partial charge in [0.15, 0.2) is 5.82 Å². The maximum absolute atomic E-state index is 11.9. The molecule has 0 aromatic carbocycles. The van der Waals surface area contributed by atoms with Crippen LogP contribution >= 0.6 is 0 Å². The summed E-state index contributed by atoms with van der Waals surface area (Å²) in [5, 5.41) is 13.6. The number of aliphatic hydroxyl groups excluding tert-OH is 1. The van der Waals surface area contributed by atoms with Crippen molar-refractivity contribution in [1.29, 1.82) is 0 Å². The van der Waals surface area contributed by atoms with Crippen molar-refractivity contribution in [3.63, 3.8) is 0 Å². The predicted molar refractivity (Wildman–Crippen MR) is 62.1 cm³/mol. The lowest BCUT2D eigenvalue weighted by molar-refractivity contribution is -0.173. The highest BCUT2D eigenvalue weighted by atomic mass is 19.4. The third kappa shape index (κ3) is 4.45. The first-order valence-corrected chi connectivity index (χ1v) is 6.61. The van der Waals surface area contributed by atoms with Gasteiger partial charge in [-0.1, -0.05) is 18.0 Å². The van der Waals surface area contributed by atoms with Gasteiger partial charge in [0.2, 0.25) is 5.89 Å². The Morgan fingerprint density at radius 1 is 1.30 bits per heavy atom. The second kappa shape index (κ2) is 6.53. The Hall–Kier alpha value is -1.15. The Bertz CT molecular complexity index is 422. The van der Waals surface area contributed by atoms with Gasteiger partial charge in [0, 0.05) is 6.42 Å². The smallest absolute Gasteiger partial charge is 0.392 e. The molecule has 2 rings (SSSR count). The number of hydrogen-bond donors (Lipinski definition) is 1. The average Bonchev–Trinajstić information content (AvgIpc) is 2.83. The SMILES string of the molecule is OC1CCCCC1c1nc(CCOCC(F)(F)F)no1. The number of hydrogen-bond acceptors (Lipinski definition) is 5. The van der Waals surface area contributed by atoms with E-state index in [9.17, 15) is 18.3 Å². The number of aliphatic hydroxyl groups is 1. The standard InChI is InChI=1S/C12H17F3N2O3/c13-12(14,15)7-19-6-5-10-16-11(20-17-10)8-3-1-2-4-9(8)18/h8-9,18H,1-7H2. The molecule has 0 amide bonds. The summed E-state index contributed by atoms with van der Waals surface area (Å²) in [5.41, 5.74) is 0. The molecule has 0 spiro atoms.